The Hall–Kier alpha value is -0.340. The highest BCUT2D eigenvalue weighted by molar-refractivity contribution is 9.10. The molecule has 1 aromatic rings. The molecule has 0 radical (unpaired) electrons. The summed E-state index contributed by atoms with van der Waals surface area (Å²) < 4.78 is 14.3. The first kappa shape index (κ1) is 11.2. The molecule has 15 heavy (non-hydrogen) atoms. The van der Waals surface area contributed by atoms with Crippen LogP contribution in [0.4, 0.5) is 4.39 Å². The molecule has 0 heterocycles. The third kappa shape index (κ3) is 2.43. The molecule has 0 N–H and O–H groups in total. The lowest BCUT2D eigenvalue weighted by molar-refractivity contribution is 0.614. The van der Waals surface area contributed by atoms with Crippen molar-refractivity contribution in [1.82, 2.24) is 0 Å². The molecule has 0 saturated carbocycles. The van der Waals surface area contributed by atoms with Crippen molar-refractivity contribution in [3.63, 3.8) is 0 Å². The van der Waals surface area contributed by atoms with E-state index in [1.807, 2.05) is 12.1 Å². The number of benzene rings is 1. The van der Waals surface area contributed by atoms with Crippen molar-refractivity contribution in [2.45, 2.75) is 24.6 Å². The van der Waals surface area contributed by atoms with Crippen LogP contribution in [0.3, 0.4) is 0 Å². The highest BCUT2D eigenvalue weighted by atomic mass is 79.9. The fraction of sp³-hybridized carbons (Fsp3) is 0.333. The van der Waals surface area contributed by atoms with Gasteiger partial charge in [-0.15, -0.1) is 11.6 Å². The van der Waals surface area contributed by atoms with Crippen molar-refractivity contribution in [3.05, 3.63) is 40.1 Å². The Morgan fingerprint density at radius 1 is 1.40 bits per heavy atom. The lowest BCUT2D eigenvalue weighted by Gasteiger charge is -2.17. The molecule has 0 aliphatic heterocycles. The van der Waals surface area contributed by atoms with E-state index < -0.39 is 0 Å². The lowest BCUT2D eigenvalue weighted by Crippen LogP contribution is -2.04. The summed E-state index contributed by atoms with van der Waals surface area (Å²) in [6, 6.07) is 5.36. The van der Waals surface area contributed by atoms with Gasteiger partial charge in [-0.25, -0.2) is 4.39 Å². The van der Waals surface area contributed by atoms with Crippen LogP contribution in [0.1, 0.15) is 24.8 Å². The smallest absolute Gasteiger partial charge is 0.144 e. The topological polar surface area (TPSA) is 0 Å². The van der Waals surface area contributed by atoms with Crippen LogP contribution < -0.4 is 0 Å². The summed E-state index contributed by atoms with van der Waals surface area (Å²) in [6.45, 7) is 0. The zero-order chi connectivity index (χ0) is 10.8. The number of allylic oxidation sites excluding steroid dienone is 2. The standard InChI is InChI=1S/C12H11BrClF/c13-11-6-2-5-10(12(11)15)8-3-1-4-9(14)7-8/h2,5-7,9H,1,3-4H2. The average molecular weight is 290 g/mol. The molecule has 1 aliphatic rings. The van der Waals surface area contributed by atoms with Crippen LogP contribution in [-0.4, -0.2) is 5.38 Å². The van der Waals surface area contributed by atoms with Gasteiger partial charge < -0.3 is 0 Å². The van der Waals surface area contributed by atoms with Gasteiger partial charge in [0.15, 0.2) is 0 Å². The van der Waals surface area contributed by atoms with E-state index >= 15 is 0 Å². The van der Waals surface area contributed by atoms with Crippen LogP contribution in [0.2, 0.25) is 0 Å². The maximum Gasteiger partial charge on any atom is 0.144 e. The monoisotopic (exact) mass is 288 g/mol. The molecule has 0 spiro atoms. The summed E-state index contributed by atoms with van der Waals surface area (Å²) in [5.41, 5.74) is 1.70. The first-order chi connectivity index (χ1) is 7.18. The van der Waals surface area contributed by atoms with Crippen molar-refractivity contribution in [2.24, 2.45) is 0 Å². The molecule has 1 unspecified atom stereocenters. The Labute approximate surface area is 102 Å². The molecule has 1 atom stereocenters. The summed E-state index contributed by atoms with van der Waals surface area (Å²) in [7, 11) is 0. The molecule has 0 fully saturated rings. The predicted octanol–water partition coefficient (Wildman–Crippen LogP) is 4.76. The first-order valence-electron chi connectivity index (χ1n) is 4.97. The molecular weight excluding hydrogens is 278 g/mol. The first-order valence-corrected chi connectivity index (χ1v) is 6.20. The van der Waals surface area contributed by atoms with Gasteiger partial charge in [0.25, 0.3) is 0 Å². The molecule has 3 heteroatoms. The zero-order valence-corrected chi connectivity index (χ0v) is 10.5. The average Bonchev–Trinajstić information content (AvgIpc) is 2.22. The normalized spacial score (nSPS) is 21.3. The second kappa shape index (κ2) is 4.67. The van der Waals surface area contributed by atoms with Gasteiger partial charge >= 0.3 is 0 Å². The molecule has 1 aliphatic carbocycles. The molecule has 2 rings (SSSR count). The Morgan fingerprint density at radius 3 is 2.93 bits per heavy atom. The van der Waals surface area contributed by atoms with Gasteiger partial charge in [-0.05, 0) is 46.8 Å². The van der Waals surface area contributed by atoms with Crippen LogP contribution in [0.25, 0.3) is 5.57 Å². The van der Waals surface area contributed by atoms with Gasteiger partial charge in [0.05, 0.1) is 9.85 Å². The summed E-state index contributed by atoms with van der Waals surface area (Å²) in [4.78, 5) is 0. The SMILES string of the molecule is Fc1c(Br)cccc1C1=CC(Cl)CCC1. The van der Waals surface area contributed by atoms with Crippen molar-refractivity contribution < 1.29 is 4.39 Å². The lowest BCUT2D eigenvalue weighted by atomic mass is 9.93. The van der Waals surface area contributed by atoms with Gasteiger partial charge in [0.1, 0.15) is 5.82 Å². The fourth-order valence-electron chi connectivity index (χ4n) is 1.85. The van der Waals surface area contributed by atoms with Gasteiger partial charge in [-0.2, -0.15) is 0 Å². The Bertz CT molecular complexity index is 401. The van der Waals surface area contributed by atoms with E-state index in [4.69, 9.17) is 11.6 Å². The quantitative estimate of drug-likeness (QED) is 0.654. The van der Waals surface area contributed by atoms with Gasteiger partial charge in [0.2, 0.25) is 0 Å². The summed E-state index contributed by atoms with van der Waals surface area (Å²) in [5.74, 6) is -0.186. The van der Waals surface area contributed by atoms with Crippen molar-refractivity contribution in [3.8, 4) is 0 Å². The summed E-state index contributed by atoms with van der Waals surface area (Å²) in [6.07, 6.45) is 4.90. The van der Waals surface area contributed by atoms with Gasteiger partial charge in [-0.3, -0.25) is 0 Å². The minimum absolute atomic E-state index is 0.0483. The number of halogens is 3. The zero-order valence-electron chi connectivity index (χ0n) is 8.14. The van der Waals surface area contributed by atoms with E-state index in [0.717, 1.165) is 24.8 Å². The second-order valence-corrected chi connectivity index (χ2v) is 5.12. The van der Waals surface area contributed by atoms with E-state index in [1.54, 1.807) is 12.1 Å². The van der Waals surface area contributed by atoms with E-state index in [2.05, 4.69) is 15.9 Å². The molecule has 0 saturated heterocycles. The molecule has 0 bridgehead atoms. The minimum Gasteiger partial charge on any atom is -0.205 e. The van der Waals surface area contributed by atoms with Crippen molar-refractivity contribution >= 4 is 33.1 Å². The van der Waals surface area contributed by atoms with Crippen LogP contribution >= 0.6 is 27.5 Å². The van der Waals surface area contributed by atoms with Crippen LogP contribution in [-0.2, 0) is 0 Å². The molecular formula is C12H11BrClF. The van der Waals surface area contributed by atoms with Crippen LogP contribution in [0.5, 0.6) is 0 Å². The molecule has 0 amide bonds. The predicted molar refractivity (Wildman–Crippen MR) is 65.6 cm³/mol. The van der Waals surface area contributed by atoms with E-state index in [0.29, 0.717) is 10.0 Å². The fourth-order valence-corrected chi connectivity index (χ4v) is 2.52. The Kier molecular flexibility index (Phi) is 3.47. The van der Waals surface area contributed by atoms with Gasteiger partial charge in [-0.1, -0.05) is 18.2 Å². The Balaban J connectivity index is 2.41. The van der Waals surface area contributed by atoms with E-state index in [1.165, 1.54) is 0 Å². The van der Waals surface area contributed by atoms with Crippen molar-refractivity contribution in [2.75, 3.05) is 0 Å². The number of rotatable bonds is 1. The largest absolute Gasteiger partial charge is 0.205 e. The van der Waals surface area contributed by atoms with E-state index in [9.17, 15) is 4.39 Å². The van der Waals surface area contributed by atoms with Crippen LogP contribution in [0, 0.1) is 5.82 Å². The maximum atomic E-state index is 13.8. The molecule has 0 nitrogen and oxygen atoms in total. The van der Waals surface area contributed by atoms with Gasteiger partial charge in [0, 0.05) is 5.56 Å². The molecule has 1 aromatic carbocycles. The second-order valence-electron chi connectivity index (χ2n) is 3.70. The summed E-state index contributed by atoms with van der Waals surface area (Å²) >= 11 is 9.24. The third-order valence-corrected chi connectivity index (χ3v) is 3.56. The number of hydrogen-bond donors (Lipinski definition) is 0. The number of hydrogen-bond acceptors (Lipinski definition) is 0. The number of alkyl halides is 1. The molecule has 80 valence electrons. The minimum atomic E-state index is -0.186. The highest BCUT2D eigenvalue weighted by Gasteiger charge is 2.16. The van der Waals surface area contributed by atoms with Crippen LogP contribution in [0.15, 0.2) is 28.7 Å². The van der Waals surface area contributed by atoms with E-state index in [-0.39, 0.29) is 11.2 Å². The Morgan fingerprint density at radius 2 is 2.20 bits per heavy atom. The summed E-state index contributed by atoms with van der Waals surface area (Å²) in [5, 5.41) is 0.0483. The maximum absolute atomic E-state index is 13.8. The third-order valence-electron chi connectivity index (χ3n) is 2.61. The van der Waals surface area contributed by atoms with Crippen molar-refractivity contribution in [1.29, 1.82) is 0 Å². The molecule has 0 aromatic heterocycles. The highest BCUT2D eigenvalue weighted by Crippen LogP contribution is 2.32.